The Bertz CT molecular complexity index is 307. The van der Waals surface area contributed by atoms with Gasteiger partial charge in [0.15, 0.2) is 11.6 Å². The molecule has 0 saturated carbocycles. The molecule has 0 bridgehead atoms. The molecule has 0 saturated heterocycles. The summed E-state index contributed by atoms with van der Waals surface area (Å²) in [6.45, 7) is 7.49. The van der Waals surface area contributed by atoms with E-state index in [0.29, 0.717) is 6.42 Å². The van der Waals surface area contributed by atoms with E-state index < -0.39 is 11.9 Å². The van der Waals surface area contributed by atoms with Crippen LogP contribution in [-0.4, -0.2) is 22.8 Å². The van der Waals surface area contributed by atoms with Crippen molar-refractivity contribution in [3.63, 3.8) is 0 Å². The van der Waals surface area contributed by atoms with E-state index in [4.69, 9.17) is 4.74 Å². The van der Waals surface area contributed by atoms with Crippen molar-refractivity contribution in [2.45, 2.75) is 51.4 Å². The molecule has 0 aliphatic carbocycles. The third kappa shape index (κ3) is 4.10. The molecule has 1 aliphatic rings. The molecule has 96 valence electrons. The maximum atomic E-state index is 11.6. The molecule has 0 aromatic carbocycles. The summed E-state index contributed by atoms with van der Waals surface area (Å²) < 4.78 is 5.52. The number of unbranched alkanes of at least 4 members (excludes halogenated alkanes) is 2. The predicted molar refractivity (Wildman–Crippen MR) is 67.5 cm³/mol. The second-order valence-corrected chi connectivity index (χ2v) is 4.90. The third-order valence-corrected chi connectivity index (χ3v) is 2.92. The molecule has 0 spiro atoms. The number of rotatable bonds is 6. The van der Waals surface area contributed by atoms with Crippen molar-refractivity contribution < 1.29 is 14.6 Å². The van der Waals surface area contributed by atoms with Crippen LogP contribution in [0.25, 0.3) is 0 Å². The summed E-state index contributed by atoms with van der Waals surface area (Å²) >= 11 is 0. The van der Waals surface area contributed by atoms with Gasteiger partial charge in [0.1, 0.15) is 6.10 Å². The maximum Gasteiger partial charge on any atom is 0.186 e. The molecule has 0 aromatic rings. The van der Waals surface area contributed by atoms with E-state index in [9.17, 15) is 9.90 Å². The molecule has 1 aliphatic heterocycles. The first-order valence-electron chi connectivity index (χ1n) is 6.22. The van der Waals surface area contributed by atoms with Gasteiger partial charge in [-0.3, -0.25) is 4.79 Å². The Hall–Kier alpha value is -0.930. The highest BCUT2D eigenvalue weighted by molar-refractivity contribution is 5.94. The van der Waals surface area contributed by atoms with Gasteiger partial charge in [-0.1, -0.05) is 19.9 Å². The van der Waals surface area contributed by atoms with Gasteiger partial charge in [0.2, 0.25) is 0 Å². The average molecular weight is 238 g/mol. The lowest BCUT2D eigenvalue weighted by Gasteiger charge is -2.34. The largest absolute Gasteiger partial charge is 0.362 e. The first kappa shape index (κ1) is 14.1. The fourth-order valence-corrected chi connectivity index (χ4v) is 1.90. The Morgan fingerprint density at radius 3 is 2.88 bits per heavy atom. The molecule has 2 atom stereocenters. The van der Waals surface area contributed by atoms with Gasteiger partial charge < -0.3 is 9.84 Å². The van der Waals surface area contributed by atoms with Crippen molar-refractivity contribution in [1.82, 2.24) is 0 Å². The van der Waals surface area contributed by atoms with Crippen LogP contribution in [-0.2, 0) is 9.53 Å². The number of carbonyl (C=O) groups excluding carboxylic acids is 1. The summed E-state index contributed by atoms with van der Waals surface area (Å²) in [4.78, 5) is 11.6. The van der Waals surface area contributed by atoms with Crippen LogP contribution in [0.5, 0.6) is 0 Å². The van der Waals surface area contributed by atoms with Gasteiger partial charge >= 0.3 is 0 Å². The monoisotopic (exact) mass is 238 g/mol. The Balaban J connectivity index is 2.55. The van der Waals surface area contributed by atoms with Crippen molar-refractivity contribution >= 4 is 5.78 Å². The lowest BCUT2D eigenvalue weighted by Crippen LogP contribution is -2.44. The smallest absolute Gasteiger partial charge is 0.186 e. The van der Waals surface area contributed by atoms with Crippen LogP contribution < -0.4 is 0 Å². The number of aliphatic hydroxyl groups is 1. The molecule has 0 unspecified atom stereocenters. The molecular weight excluding hydrogens is 216 g/mol. The quantitative estimate of drug-likeness (QED) is 0.571. The molecule has 0 aromatic heterocycles. The van der Waals surface area contributed by atoms with Gasteiger partial charge in [0.05, 0.1) is 0 Å². The van der Waals surface area contributed by atoms with Gasteiger partial charge in [-0.25, -0.2) is 0 Å². The van der Waals surface area contributed by atoms with E-state index in [1.54, 1.807) is 0 Å². The first-order chi connectivity index (χ1) is 7.98. The Kier molecular flexibility index (Phi) is 5.09. The van der Waals surface area contributed by atoms with Crippen molar-refractivity contribution in [3.05, 3.63) is 24.8 Å². The topological polar surface area (TPSA) is 46.5 Å². The Labute approximate surface area is 103 Å². The third-order valence-electron chi connectivity index (χ3n) is 2.92. The molecule has 1 rings (SSSR count). The minimum Gasteiger partial charge on any atom is -0.362 e. The second kappa shape index (κ2) is 6.12. The van der Waals surface area contributed by atoms with E-state index in [1.165, 1.54) is 12.2 Å². The summed E-state index contributed by atoms with van der Waals surface area (Å²) in [5, 5.41) is 10.2. The molecule has 17 heavy (non-hydrogen) atoms. The predicted octanol–water partition coefficient (Wildman–Crippen LogP) is 2.60. The van der Waals surface area contributed by atoms with Crippen LogP contribution in [0, 0.1) is 5.92 Å². The molecule has 3 nitrogen and oxygen atoms in total. The van der Waals surface area contributed by atoms with Gasteiger partial charge in [-0.05, 0) is 37.3 Å². The minimum atomic E-state index is -1.27. The zero-order chi connectivity index (χ0) is 12.9. The zero-order valence-electron chi connectivity index (χ0n) is 10.7. The van der Waals surface area contributed by atoms with Crippen LogP contribution in [0.4, 0.5) is 0 Å². The second-order valence-electron chi connectivity index (χ2n) is 4.90. The van der Waals surface area contributed by atoms with Crippen LogP contribution >= 0.6 is 0 Å². The number of hydrogen-bond acceptors (Lipinski definition) is 3. The zero-order valence-corrected chi connectivity index (χ0v) is 10.7. The highest BCUT2D eigenvalue weighted by Crippen LogP contribution is 2.27. The summed E-state index contributed by atoms with van der Waals surface area (Å²) in [5.41, 5.74) is 0. The summed E-state index contributed by atoms with van der Waals surface area (Å²) in [5.74, 6) is -1.26. The minimum absolute atomic E-state index is 0.0595. The number of hydrogen-bond donors (Lipinski definition) is 1. The average Bonchev–Trinajstić information content (AvgIpc) is 2.28. The van der Waals surface area contributed by atoms with E-state index in [1.807, 2.05) is 19.9 Å². The van der Waals surface area contributed by atoms with Gasteiger partial charge in [0.25, 0.3) is 0 Å². The normalized spacial score (nSPS) is 28.7. The van der Waals surface area contributed by atoms with Gasteiger partial charge in [0, 0.05) is 6.42 Å². The molecule has 1 heterocycles. The number of allylic oxidation sites excluding steroid dienone is 1. The van der Waals surface area contributed by atoms with E-state index in [-0.39, 0.29) is 11.7 Å². The number of ketones is 1. The Morgan fingerprint density at radius 2 is 2.29 bits per heavy atom. The van der Waals surface area contributed by atoms with Crippen molar-refractivity contribution in [1.29, 1.82) is 0 Å². The van der Waals surface area contributed by atoms with Crippen LogP contribution in [0.15, 0.2) is 24.8 Å². The number of carbonyl (C=O) groups is 1. The van der Waals surface area contributed by atoms with Gasteiger partial charge in [-0.15, -0.1) is 6.58 Å². The summed E-state index contributed by atoms with van der Waals surface area (Å²) in [6, 6.07) is 0. The van der Waals surface area contributed by atoms with E-state index in [0.717, 1.165) is 19.3 Å². The number of ether oxygens (including phenoxy) is 1. The summed E-state index contributed by atoms with van der Waals surface area (Å²) in [6.07, 6.45) is 7.55. The van der Waals surface area contributed by atoms with Gasteiger partial charge in [-0.2, -0.15) is 0 Å². The lowest BCUT2D eigenvalue weighted by molar-refractivity contribution is -0.213. The summed E-state index contributed by atoms with van der Waals surface area (Å²) in [7, 11) is 0. The van der Waals surface area contributed by atoms with Crippen molar-refractivity contribution in [3.8, 4) is 0 Å². The highest BCUT2D eigenvalue weighted by Gasteiger charge is 2.36. The van der Waals surface area contributed by atoms with Crippen molar-refractivity contribution in [2.24, 2.45) is 5.92 Å². The first-order valence-corrected chi connectivity index (χ1v) is 6.22. The molecule has 0 fully saturated rings. The standard InChI is InChI=1S/C14H22O3/c1-4-5-6-7-9-14(16)10-8-12(15)13(17-14)11(2)3/h4,8,10-11,13,16H,1,5-7,9H2,2-3H3/t13-,14+/m1/s1. The van der Waals surface area contributed by atoms with Crippen LogP contribution in [0.1, 0.15) is 39.5 Å². The molecule has 0 amide bonds. The molecular formula is C14H22O3. The fraction of sp³-hybridized carbons (Fsp3) is 0.643. The molecule has 1 N–H and O–H groups in total. The maximum absolute atomic E-state index is 11.6. The van der Waals surface area contributed by atoms with Crippen molar-refractivity contribution in [2.75, 3.05) is 0 Å². The van der Waals surface area contributed by atoms with E-state index in [2.05, 4.69) is 6.58 Å². The SMILES string of the molecule is C=CCCCC[C@@]1(O)C=CC(=O)[C@@H](C(C)C)O1. The van der Waals surface area contributed by atoms with E-state index >= 15 is 0 Å². The highest BCUT2D eigenvalue weighted by atomic mass is 16.6. The molecule has 0 radical (unpaired) electrons. The Morgan fingerprint density at radius 1 is 1.59 bits per heavy atom. The fourth-order valence-electron chi connectivity index (χ4n) is 1.90. The van der Waals surface area contributed by atoms with Crippen LogP contribution in [0.2, 0.25) is 0 Å². The van der Waals surface area contributed by atoms with Crippen LogP contribution in [0.3, 0.4) is 0 Å². The molecule has 3 heteroatoms. The lowest BCUT2D eigenvalue weighted by atomic mass is 9.96.